The Morgan fingerprint density at radius 1 is 0.951 bits per heavy atom. The van der Waals surface area contributed by atoms with E-state index >= 15 is 0 Å². The first-order valence-electron chi connectivity index (χ1n) is 12.8. The maximum absolute atomic E-state index is 13.8. The lowest BCUT2D eigenvalue weighted by Gasteiger charge is -2.29. The molecular weight excluding hydrogens is 562 g/mol. The number of thioether (sulfide) groups is 1. The quantitative estimate of drug-likeness (QED) is 0.304. The van der Waals surface area contributed by atoms with Crippen LogP contribution in [0.25, 0.3) is 0 Å². The number of imide groups is 1. The molecular formula is C30H25N3O6S2. The number of fused-ring (bicyclic) bond motifs is 2. The molecule has 2 aliphatic heterocycles. The van der Waals surface area contributed by atoms with Crippen LogP contribution in [0.3, 0.4) is 0 Å². The molecule has 6 rings (SSSR count). The molecule has 0 bridgehead atoms. The van der Waals surface area contributed by atoms with Crippen molar-refractivity contribution in [3.8, 4) is 11.5 Å². The Labute approximate surface area is 243 Å². The van der Waals surface area contributed by atoms with Crippen LogP contribution in [0.2, 0.25) is 0 Å². The molecule has 3 amide bonds. The van der Waals surface area contributed by atoms with E-state index in [9.17, 15) is 19.2 Å². The smallest absolute Gasteiger partial charge is 0.305 e. The first kappa shape index (κ1) is 26.9. The van der Waals surface area contributed by atoms with Crippen LogP contribution in [0.5, 0.6) is 11.5 Å². The predicted octanol–water partition coefficient (Wildman–Crippen LogP) is 4.57. The van der Waals surface area contributed by atoms with E-state index in [0.29, 0.717) is 22.2 Å². The molecule has 2 aliphatic rings. The Balaban J connectivity index is 1.24. The number of nitrogens with one attached hydrogen (secondary N) is 2. The van der Waals surface area contributed by atoms with Crippen molar-refractivity contribution in [1.29, 1.82) is 0 Å². The molecule has 1 saturated heterocycles. The highest BCUT2D eigenvalue weighted by atomic mass is 32.2. The fourth-order valence-electron chi connectivity index (χ4n) is 5.18. The largest absolute Gasteiger partial charge is 0.497 e. The summed E-state index contributed by atoms with van der Waals surface area (Å²) in [4.78, 5) is 56.7. The molecule has 3 aromatic carbocycles. The van der Waals surface area contributed by atoms with E-state index in [1.165, 1.54) is 16.7 Å². The number of aromatic amines is 1. The van der Waals surface area contributed by atoms with E-state index in [2.05, 4.69) is 10.3 Å². The first-order valence-corrected chi connectivity index (χ1v) is 14.5. The van der Waals surface area contributed by atoms with Crippen LogP contribution in [-0.4, -0.2) is 41.7 Å². The molecule has 3 heterocycles. The standard InChI is InChI=1S/C30H25N3O6S2/c1-16-5-3-4-6-21(16)31-22(34)15-39-20-11-7-17(8-12-20)23-24-26(40-27-25(23)41-30(37)32-27)29(36)33(28(24)35)18-9-13-19(38-2)14-10-18/h3-14,23-24,26H,15H2,1-2H3,(H,31,34)(H,32,37)/t23-,24?,26?/m1/s1. The topological polar surface area (TPSA) is 118 Å². The highest BCUT2D eigenvalue weighted by molar-refractivity contribution is 8.00. The van der Waals surface area contributed by atoms with Gasteiger partial charge in [-0.15, -0.1) is 0 Å². The Morgan fingerprint density at radius 2 is 1.66 bits per heavy atom. The fraction of sp³-hybridized carbons (Fsp3) is 0.200. The van der Waals surface area contributed by atoms with Gasteiger partial charge in [-0.3, -0.25) is 19.2 Å². The van der Waals surface area contributed by atoms with Gasteiger partial charge >= 0.3 is 4.87 Å². The molecule has 2 unspecified atom stereocenters. The number of ether oxygens (including phenoxy) is 2. The lowest BCUT2D eigenvalue weighted by Crippen LogP contribution is -2.32. The third kappa shape index (κ3) is 5.02. The highest BCUT2D eigenvalue weighted by Gasteiger charge is 2.56. The number of anilines is 2. The number of aromatic nitrogens is 1. The predicted molar refractivity (Wildman–Crippen MR) is 157 cm³/mol. The summed E-state index contributed by atoms with van der Waals surface area (Å²) in [5, 5.41) is 2.76. The normalized spacial score (nSPS) is 19.5. The number of thiazole rings is 1. The second-order valence-corrected chi connectivity index (χ2v) is 11.8. The Bertz CT molecular complexity index is 1700. The maximum Gasteiger partial charge on any atom is 0.305 e. The SMILES string of the molecule is COc1ccc(N2C(=O)C3Sc4[nH]c(=O)sc4[C@H](c4ccc(OCC(=O)Nc5ccccc5C)cc4)C3C2=O)cc1. The number of nitrogens with zero attached hydrogens (tertiary/aromatic N) is 1. The number of carbonyl (C=O) groups is 3. The Morgan fingerprint density at radius 3 is 2.37 bits per heavy atom. The molecule has 208 valence electrons. The third-order valence-corrected chi connectivity index (χ3v) is 9.58. The number of para-hydroxylation sites is 1. The highest BCUT2D eigenvalue weighted by Crippen LogP contribution is 2.53. The van der Waals surface area contributed by atoms with E-state index in [-0.39, 0.29) is 29.2 Å². The van der Waals surface area contributed by atoms with Gasteiger partial charge in [0.2, 0.25) is 11.8 Å². The summed E-state index contributed by atoms with van der Waals surface area (Å²) < 4.78 is 10.9. The van der Waals surface area contributed by atoms with Crippen LogP contribution in [0.15, 0.2) is 82.6 Å². The van der Waals surface area contributed by atoms with Crippen molar-refractivity contribution in [1.82, 2.24) is 4.98 Å². The van der Waals surface area contributed by atoms with E-state index in [1.807, 2.05) is 43.3 Å². The summed E-state index contributed by atoms with van der Waals surface area (Å²) >= 11 is 2.28. The number of aryl methyl sites for hydroxylation is 1. The van der Waals surface area contributed by atoms with E-state index in [4.69, 9.17) is 9.47 Å². The second-order valence-electron chi connectivity index (χ2n) is 9.68. The number of hydrogen-bond acceptors (Lipinski definition) is 8. The molecule has 3 atom stereocenters. The zero-order valence-electron chi connectivity index (χ0n) is 22.1. The number of benzene rings is 3. The van der Waals surface area contributed by atoms with Crippen LogP contribution >= 0.6 is 23.1 Å². The van der Waals surface area contributed by atoms with Gasteiger partial charge in [-0.25, -0.2) is 4.90 Å². The number of carbonyl (C=O) groups excluding carboxylic acids is 3. The van der Waals surface area contributed by atoms with Gasteiger partial charge in [0.1, 0.15) is 16.7 Å². The molecule has 0 radical (unpaired) electrons. The van der Waals surface area contributed by atoms with Crippen LogP contribution in [0.4, 0.5) is 11.4 Å². The zero-order chi connectivity index (χ0) is 28.7. The maximum atomic E-state index is 13.8. The van der Waals surface area contributed by atoms with Crippen LogP contribution in [-0.2, 0) is 14.4 Å². The van der Waals surface area contributed by atoms with Crippen molar-refractivity contribution >= 4 is 52.2 Å². The van der Waals surface area contributed by atoms with E-state index in [0.717, 1.165) is 33.0 Å². The first-order chi connectivity index (χ1) is 19.8. The minimum atomic E-state index is -0.694. The molecule has 11 heteroatoms. The molecule has 41 heavy (non-hydrogen) atoms. The molecule has 2 N–H and O–H groups in total. The van der Waals surface area contributed by atoms with Gasteiger partial charge in [0, 0.05) is 16.5 Å². The van der Waals surface area contributed by atoms with Gasteiger partial charge in [-0.1, -0.05) is 53.4 Å². The Hall–Kier alpha value is -4.35. The van der Waals surface area contributed by atoms with Crippen LogP contribution in [0.1, 0.15) is 21.9 Å². The lowest BCUT2D eigenvalue weighted by atomic mass is 9.83. The van der Waals surface area contributed by atoms with Gasteiger partial charge in [-0.05, 0) is 60.5 Å². The van der Waals surface area contributed by atoms with Gasteiger partial charge < -0.3 is 19.8 Å². The summed E-state index contributed by atoms with van der Waals surface area (Å²) in [6, 6.07) is 21.3. The second kappa shape index (κ2) is 10.9. The van der Waals surface area contributed by atoms with E-state index in [1.54, 1.807) is 43.5 Å². The molecule has 1 fully saturated rings. The lowest BCUT2D eigenvalue weighted by molar-refractivity contribution is -0.122. The van der Waals surface area contributed by atoms with Crippen molar-refractivity contribution < 1.29 is 23.9 Å². The van der Waals surface area contributed by atoms with Gasteiger partial charge in [0.25, 0.3) is 5.91 Å². The van der Waals surface area contributed by atoms with E-state index < -0.39 is 17.1 Å². The van der Waals surface area contributed by atoms with Crippen molar-refractivity contribution in [3.05, 3.63) is 98.5 Å². The van der Waals surface area contributed by atoms with Crippen molar-refractivity contribution in [2.24, 2.45) is 5.92 Å². The summed E-state index contributed by atoms with van der Waals surface area (Å²) in [6.07, 6.45) is 0. The van der Waals surface area contributed by atoms with Gasteiger partial charge in [0.15, 0.2) is 6.61 Å². The number of hydrogen-bond donors (Lipinski definition) is 2. The number of H-pyrrole nitrogens is 1. The van der Waals surface area contributed by atoms with Gasteiger partial charge in [-0.2, -0.15) is 0 Å². The fourth-order valence-corrected chi connectivity index (χ4v) is 7.70. The summed E-state index contributed by atoms with van der Waals surface area (Å²) in [5.41, 5.74) is 2.92. The summed E-state index contributed by atoms with van der Waals surface area (Å²) in [7, 11) is 1.55. The summed E-state index contributed by atoms with van der Waals surface area (Å²) in [6.45, 7) is 1.74. The number of rotatable bonds is 7. The Kier molecular flexibility index (Phi) is 7.14. The average molecular weight is 588 g/mol. The average Bonchev–Trinajstić information content (AvgIpc) is 3.47. The monoisotopic (exact) mass is 587 g/mol. The molecule has 4 aromatic rings. The number of amides is 3. The summed E-state index contributed by atoms with van der Waals surface area (Å²) in [5.74, 6) is -1.02. The molecule has 0 aliphatic carbocycles. The molecule has 1 aromatic heterocycles. The molecule has 0 spiro atoms. The van der Waals surface area contributed by atoms with Crippen molar-refractivity contribution in [2.75, 3.05) is 23.9 Å². The van der Waals surface area contributed by atoms with Gasteiger partial charge in [0.05, 0.1) is 23.7 Å². The van der Waals surface area contributed by atoms with Crippen molar-refractivity contribution in [2.45, 2.75) is 23.1 Å². The number of methoxy groups -OCH3 is 1. The minimum absolute atomic E-state index is 0.175. The molecule has 9 nitrogen and oxygen atoms in total. The molecule has 0 saturated carbocycles. The third-order valence-electron chi connectivity index (χ3n) is 7.18. The minimum Gasteiger partial charge on any atom is -0.497 e. The van der Waals surface area contributed by atoms with Crippen molar-refractivity contribution in [3.63, 3.8) is 0 Å². The zero-order valence-corrected chi connectivity index (χ0v) is 23.7. The van der Waals surface area contributed by atoms with Crippen LogP contribution < -0.4 is 24.6 Å². The van der Waals surface area contributed by atoms with Crippen LogP contribution in [0, 0.1) is 12.8 Å².